The smallest absolute Gasteiger partial charge is 0.0457 e. The van der Waals surface area contributed by atoms with E-state index in [4.69, 9.17) is 0 Å². The normalized spacial score (nSPS) is 11.4. The van der Waals surface area contributed by atoms with Crippen molar-refractivity contribution < 1.29 is 0 Å². The molecule has 2 aromatic carbocycles. The number of fused-ring (bicyclic) bond motifs is 1. The molecule has 1 heterocycles. The van der Waals surface area contributed by atoms with E-state index in [2.05, 4.69) is 81.7 Å². The molecule has 94 valence electrons. The minimum absolute atomic E-state index is 0.936. The Labute approximate surface area is 121 Å². The van der Waals surface area contributed by atoms with Crippen LogP contribution in [0.5, 0.6) is 0 Å². The van der Waals surface area contributed by atoms with E-state index in [0.717, 1.165) is 10.9 Å². The van der Waals surface area contributed by atoms with E-state index in [1.807, 2.05) is 6.07 Å². The van der Waals surface area contributed by atoms with E-state index < -0.39 is 0 Å². The predicted molar refractivity (Wildman–Crippen MR) is 85.2 cm³/mol. The molecule has 1 aromatic heterocycles. The van der Waals surface area contributed by atoms with Crippen LogP contribution in [-0.2, 0) is 6.42 Å². The molecule has 0 fully saturated rings. The summed E-state index contributed by atoms with van der Waals surface area (Å²) in [7, 11) is 0. The molecule has 0 saturated heterocycles. The first-order valence-corrected chi connectivity index (χ1v) is 7.09. The van der Waals surface area contributed by atoms with Crippen molar-refractivity contribution in [1.82, 2.24) is 4.98 Å². The second-order valence-corrected chi connectivity index (χ2v) is 5.44. The number of halogens is 1. The van der Waals surface area contributed by atoms with Crippen LogP contribution in [0.25, 0.3) is 17.0 Å². The van der Waals surface area contributed by atoms with E-state index in [0.29, 0.717) is 0 Å². The fourth-order valence-corrected chi connectivity index (χ4v) is 2.57. The molecule has 0 aliphatic carbocycles. The summed E-state index contributed by atoms with van der Waals surface area (Å²) in [5.41, 5.74) is 3.75. The monoisotopic (exact) mass is 311 g/mol. The average molecular weight is 312 g/mol. The summed E-state index contributed by atoms with van der Waals surface area (Å²) in [6, 6.07) is 16.7. The van der Waals surface area contributed by atoms with Gasteiger partial charge in [-0.05, 0) is 35.7 Å². The Hall–Kier alpha value is -1.80. The summed E-state index contributed by atoms with van der Waals surface area (Å²) in [5.74, 6) is 0. The lowest BCUT2D eigenvalue weighted by Crippen LogP contribution is -1.78. The van der Waals surface area contributed by atoms with Gasteiger partial charge < -0.3 is 4.98 Å². The van der Waals surface area contributed by atoms with Gasteiger partial charge >= 0.3 is 0 Å². The number of benzene rings is 2. The molecule has 0 spiro atoms. The zero-order valence-corrected chi connectivity index (χ0v) is 12.0. The molecule has 1 nitrogen and oxygen atoms in total. The van der Waals surface area contributed by atoms with Gasteiger partial charge in [0.25, 0.3) is 0 Å². The molecule has 0 atom stereocenters. The first-order valence-electron chi connectivity index (χ1n) is 6.30. The molecule has 3 rings (SSSR count). The molecular weight excluding hydrogens is 298 g/mol. The number of H-pyrrole nitrogens is 1. The maximum Gasteiger partial charge on any atom is 0.0457 e. The second kappa shape index (κ2) is 5.45. The minimum Gasteiger partial charge on any atom is -0.361 e. The van der Waals surface area contributed by atoms with Crippen LogP contribution in [0.2, 0.25) is 0 Å². The van der Waals surface area contributed by atoms with Crippen molar-refractivity contribution in [2.75, 3.05) is 0 Å². The fourth-order valence-electron chi connectivity index (χ4n) is 2.21. The number of hydrogen-bond acceptors (Lipinski definition) is 0. The van der Waals surface area contributed by atoms with Crippen LogP contribution in [0, 0.1) is 0 Å². The van der Waals surface area contributed by atoms with Crippen LogP contribution >= 0.6 is 15.9 Å². The Bertz CT molecular complexity index is 710. The first-order chi connectivity index (χ1) is 9.33. The van der Waals surface area contributed by atoms with E-state index in [-0.39, 0.29) is 0 Å². The number of aromatic amines is 1. The van der Waals surface area contributed by atoms with Crippen molar-refractivity contribution in [3.8, 4) is 0 Å². The van der Waals surface area contributed by atoms with Crippen molar-refractivity contribution in [2.45, 2.75) is 6.42 Å². The van der Waals surface area contributed by atoms with Crippen LogP contribution in [0.4, 0.5) is 0 Å². The average Bonchev–Trinajstić information content (AvgIpc) is 2.83. The molecule has 0 bridgehead atoms. The quantitative estimate of drug-likeness (QED) is 0.685. The highest BCUT2D eigenvalue weighted by Crippen LogP contribution is 2.23. The highest BCUT2D eigenvalue weighted by Gasteiger charge is 2.02. The van der Waals surface area contributed by atoms with Gasteiger partial charge in [0.2, 0.25) is 0 Å². The molecular formula is C17H14BrN. The van der Waals surface area contributed by atoms with Gasteiger partial charge in [0, 0.05) is 21.6 Å². The summed E-state index contributed by atoms with van der Waals surface area (Å²) in [6.07, 6.45) is 7.40. The van der Waals surface area contributed by atoms with Crippen molar-refractivity contribution in [2.24, 2.45) is 0 Å². The summed E-state index contributed by atoms with van der Waals surface area (Å²) in [4.78, 5) is 3.31. The molecule has 2 heteroatoms. The third-order valence-corrected chi connectivity index (χ3v) is 3.67. The third-order valence-electron chi connectivity index (χ3n) is 3.18. The Morgan fingerprint density at radius 2 is 1.89 bits per heavy atom. The molecule has 1 N–H and O–H groups in total. The number of rotatable bonds is 3. The highest BCUT2D eigenvalue weighted by atomic mass is 79.9. The van der Waals surface area contributed by atoms with Crippen LogP contribution in [0.1, 0.15) is 11.1 Å². The molecule has 0 aliphatic heterocycles. The van der Waals surface area contributed by atoms with E-state index in [9.17, 15) is 0 Å². The lowest BCUT2D eigenvalue weighted by atomic mass is 10.1. The van der Waals surface area contributed by atoms with Crippen LogP contribution < -0.4 is 0 Å². The number of allylic oxidation sites excluding steroid dienone is 1. The third kappa shape index (κ3) is 2.79. The fraction of sp³-hybridized carbons (Fsp3) is 0.0588. The SMILES string of the molecule is Brc1ccc2[nH]cc(C/C=C/c3ccccc3)c2c1. The Morgan fingerprint density at radius 1 is 1.05 bits per heavy atom. The largest absolute Gasteiger partial charge is 0.361 e. The molecule has 3 aromatic rings. The lowest BCUT2D eigenvalue weighted by Gasteiger charge is -1.96. The molecule has 19 heavy (non-hydrogen) atoms. The zero-order chi connectivity index (χ0) is 13.1. The summed E-state index contributed by atoms with van der Waals surface area (Å²) >= 11 is 3.52. The van der Waals surface area contributed by atoms with Gasteiger partial charge in [0.05, 0.1) is 0 Å². The molecule has 0 amide bonds. The lowest BCUT2D eigenvalue weighted by molar-refractivity contribution is 1.29. The van der Waals surface area contributed by atoms with E-state index in [1.54, 1.807) is 0 Å². The summed E-state index contributed by atoms with van der Waals surface area (Å²) in [6.45, 7) is 0. The second-order valence-electron chi connectivity index (χ2n) is 4.52. The van der Waals surface area contributed by atoms with Gasteiger partial charge in [-0.15, -0.1) is 0 Å². The van der Waals surface area contributed by atoms with Crippen molar-refractivity contribution >= 4 is 32.9 Å². The van der Waals surface area contributed by atoms with Crippen LogP contribution in [0.3, 0.4) is 0 Å². The van der Waals surface area contributed by atoms with Crippen molar-refractivity contribution in [1.29, 1.82) is 0 Å². The molecule has 0 saturated carbocycles. The number of aromatic nitrogens is 1. The Balaban J connectivity index is 1.82. The van der Waals surface area contributed by atoms with Gasteiger partial charge in [0.15, 0.2) is 0 Å². The molecule has 0 radical (unpaired) electrons. The first kappa shape index (κ1) is 12.2. The minimum atomic E-state index is 0.936. The number of hydrogen-bond donors (Lipinski definition) is 1. The van der Waals surface area contributed by atoms with E-state index >= 15 is 0 Å². The maximum absolute atomic E-state index is 3.52. The Morgan fingerprint density at radius 3 is 2.74 bits per heavy atom. The summed E-state index contributed by atoms with van der Waals surface area (Å²) < 4.78 is 1.12. The molecule has 0 aliphatic rings. The van der Waals surface area contributed by atoms with Gasteiger partial charge in [-0.1, -0.05) is 58.4 Å². The van der Waals surface area contributed by atoms with Crippen molar-refractivity contribution in [3.05, 3.63) is 76.4 Å². The van der Waals surface area contributed by atoms with E-state index in [1.165, 1.54) is 22.0 Å². The summed E-state index contributed by atoms with van der Waals surface area (Å²) in [5, 5.41) is 1.28. The topological polar surface area (TPSA) is 15.8 Å². The van der Waals surface area contributed by atoms with Crippen molar-refractivity contribution in [3.63, 3.8) is 0 Å². The standard InChI is InChI=1S/C17H14BrN/c18-15-9-10-17-16(11-15)14(12-19-17)8-4-7-13-5-2-1-3-6-13/h1-7,9-12,19H,8H2/b7-4+. The molecule has 0 unspecified atom stereocenters. The number of nitrogens with one attached hydrogen (secondary N) is 1. The van der Waals surface area contributed by atoms with Crippen LogP contribution in [0.15, 0.2) is 65.3 Å². The zero-order valence-electron chi connectivity index (χ0n) is 10.4. The highest BCUT2D eigenvalue weighted by molar-refractivity contribution is 9.10. The van der Waals surface area contributed by atoms with Gasteiger partial charge in [0.1, 0.15) is 0 Å². The van der Waals surface area contributed by atoms with Crippen LogP contribution in [-0.4, -0.2) is 4.98 Å². The van der Waals surface area contributed by atoms with Gasteiger partial charge in [-0.25, -0.2) is 0 Å². The van der Waals surface area contributed by atoms with Gasteiger partial charge in [-0.2, -0.15) is 0 Å². The van der Waals surface area contributed by atoms with Gasteiger partial charge in [-0.3, -0.25) is 0 Å². The predicted octanol–water partition coefficient (Wildman–Crippen LogP) is 5.19. The Kier molecular flexibility index (Phi) is 3.51. The maximum atomic E-state index is 3.52.